The fraction of sp³-hybridized carbons (Fsp3) is 0.312. The van der Waals surface area contributed by atoms with Crippen LogP contribution < -0.4 is 10.6 Å². The number of carbonyl (C=O) groups is 1. The predicted octanol–water partition coefficient (Wildman–Crippen LogP) is 1.99. The first-order valence-corrected chi connectivity index (χ1v) is 7.08. The average Bonchev–Trinajstić information content (AvgIpc) is 2.45. The molecule has 0 spiro atoms. The lowest BCUT2D eigenvalue weighted by Gasteiger charge is -2.19. The van der Waals surface area contributed by atoms with Crippen LogP contribution in [0.25, 0.3) is 0 Å². The molecule has 1 aliphatic rings. The van der Waals surface area contributed by atoms with E-state index in [0.717, 1.165) is 42.0 Å². The van der Waals surface area contributed by atoms with Crippen LogP contribution in [0.15, 0.2) is 24.3 Å². The second kappa shape index (κ2) is 5.61. The molecule has 0 saturated heterocycles. The van der Waals surface area contributed by atoms with Gasteiger partial charge in [-0.05, 0) is 50.1 Å². The molecular formula is C16H18N4O. The lowest BCUT2D eigenvalue weighted by molar-refractivity contribution is 0.102. The van der Waals surface area contributed by atoms with Crippen molar-refractivity contribution >= 4 is 11.9 Å². The Bertz CT molecular complexity index is 676. The Kier molecular flexibility index (Phi) is 3.66. The van der Waals surface area contributed by atoms with Crippen molar-refractivity contribution in [2.24, 2.45) is 0 Å². The van der Waals surface area contributed by atoms with Crippen molar-refractivity contribution in [3.05, 3.63) is 52.3 Å². The molecule has 21 heavy (non-hydrogen) atoms. The van der Waals surface area contributed by atoms with Crippen molar-refractivity contribution in [2.75, 3.05) is 11.9 Å². The molecule has 1 amide bonds. The SMILES string of the molecule is Cc1cc(C)nc(NC(=O)c2cccc3c2CCNC3)n1. The molecular weight excluding hydrogens is 264 g/mol. The third-order valence-electron chi connectivity index (χ3n) is 3.59. The second-order valence-corrected chi connectivity index (χ2v) is 5.30. The summed E-state index contributed by atoms with van der Waals surface area (Å²) in [7, 11) is 0. The third kappa shape index (κ3) is 2.92. The fourth-order valence-corrected chi connectivity index (χ4v) is 2.70. The summed E-state index contributed by atoms with van der Waals surface area (Å²) in [6.45, 7) is 5.49. The Hall–Kier alpha value is -2.27. The molecule has 5 heteroatoms. The van der Waals surface area contributed by atoms with Gasteiger partial charge in [-0.25, -0.2) is 9.97 Å². The van der Waals surface area contributed by atoms with Crippen LogP contribution in [-0.4, -0.2) is 22.4 Å². The molecule has 108 valence electrons. The van der Waals surface area contributed by atoms with Crippen molar-refractivity contribution in [1.29, 1.82) is 0 Å². The van der Waals surface area contributed by atoms with Crippen molar-refractivity contribution in [3.63, 3.8) is 0 Å². The Labute approximate surface area is 123 Å². The van der Waals surface area contributed by atoms with Gasteiger partial charge >= 0.3 is 0 Å². The van der Waals surface area contributed by atoms with Gasteiger partial charge in [-0.2, -0.15) is 0 Å². The van der Waals surface area contributed by atoms with Gasteiger partial charge in [0.15, 0.2) is 0 Å². The summed E-state index contributed by atoms with van der Waals surface area (Å²) in [6.07, 6.45) is 0.868. The number of fused-ring (bicyclic) bond motifs is 1. The Morgan fingerprint density at radius 3 is 2.76 bits per heavy atom. The molecule has 1 aliphatic heterocycles. The molecule has 3 rings (SSSR count). The first kappa shape index (κ1) is 13.7. The van der Waals surface area contributed by atoms with Gasteiger partial charge in [-0.3, -0.25) is 10.1 Å². The van der Waals surface area contributed by atoms with Crippen LogP contribution in [0.3, 0.4) is 0 Å². The van der Waals surface area contributed by atoms with E-state index in [4.69, 9.17) is 0 Å². The van der Waals surface area contributed by atoms with Gasteiger partial charge in [0.25, 0.3) is 5.91 Å². The van der Waals surface area contributed by atoms with Crippen molar-refractivity contribution in [2.45, 2.75) is 26.8 Å². The van der Waals surface area contributed by atoms with Gasteiger partial charge in [0.05, 0.1) is 0 Å². The molecule has 1 aromatic heterocycles. The summed E-state index contributed by atoms with van der Waals surface area (Å²) in [6, 6.07) is 7.72. The van der Waals surface area contributed by atoms with E-state index in [0.29, 0.717) is 5.95 Å². The zero-order valence-corrected chi connectivity index (χ0v) is 12.2. The maximum absolute atomic E-state index is 12.5. The van der Waals surface area contributed by atoms with Crippen LogP contribution in [0, 0.1) is 13.8 Å². The summed E-state index contributed by atoms with van der Waals surface area (Å²) < 4.78 is 0. The number of nitrogens with one attached hydrogen (secondary N) is 2. The molecule has 0 bridgehead atoms. The number of anilines is 1. The number of hydrogen-bond donors (Lipinski definition) is 2. The predicted molar refractivity (Wildman–Crippen MR) is 81.3 cm³/mol. The number of hydrogen-bond acceptors (Lipinski definition) is 4. The van der Waals surface area contributed by atoms with E-state index in [2.05, 4.69) is 26.7 Å². The lowest BCUT2D eigenvalue weighted by atomic mass is 9.95. The molecule has 0 saturated carbocycles. The largest absolute Gasteiger partial charge is 0.312 e. The molecule has 1 aromatic carbocycles. The zero-order chi connectivity index (χ0) is 14.8. The summed E-state index contributed by atoms with van der Waals surface area (Å²) in [4.78, 5) is 21.0. The van der Waals surface area contributed by atoms with E-state index < -0.39 is 0 Å². The highest BCUT2D eigenvalue weighted by Gasteiger charge is 2.18. The summed E-state index contributed by atoms with van der Waals surface area (Å²) in [5.74, 6) is 0.225. The van der Waals surface area contributed by atoms with Crippen molar-refractivity contribution in [1.82, 2.24) is 15.3 Å². The van der Waals surface area contributed by atoms with E-state index in [1.807, 2.05) is 32.0 Å². The topological polar surface area (TPSA) is 66.9 Å². The number of aromatic nitrogens is 2. The second-order valence-electron chi connectivity index (χ2n) is 5.30. The maximum atomic E-state index is 12.5. The summed E-state index contributed by atoms with van der Waals surface area (Å²) >= 11 is 0. The highest BCUT2D eigenvalue weighted by Crippen LogP contribution is 2.19. The van der Waals surface area contributed by atoms with Gasteiger partial charge in [0.1, 0.15) is 0 Å². The van der Waals surface area contributed by atoms with Gasteiger partial charge in [-0.1, -0.05) is 12.1 Å². The Morgan fingerprint density at radius 1 is 1.24 bits per heavy atom. The molecule has 0 aliphatic carbocycles. The Balaban J connectivity index is 1.89. The minimum Gasteiger partial charge on any atom is -0.312 e. The van der Waals surface area contributed by atoms with Crippen LogP contribution in [0.4, 0.5) is 5.95 Å². The molecule has 2 N–H and O–H groups in total. The third-order valence-corrected chi connectivity index (χ3v) is 3.59. The van der Waals surface area contributed by atoms with E-state index in [1.165, 1.54) is 5.56 Å². The monoisotopic (exact) mass is 282 g/mol. The Morgan fingerprint density at radius 2 is 2.00 bits per heavy atom. The van der Waals surface area contributed by atoms with Crippen LogP contribution in [0.2, 0.25) is 0 Å². The van der Waals surface area contributed by atoms with Gasteiger partial charge in [-0.15, -0.1) is 0 Å². The van der Waals surface area contributed by atoms with Crippen LogP contribution in [-0.2, 0) is 13.0 Å². The number of amides is 1. The highest BCUT2D eigenvalue weighted by atomic mass is 16.1. The minimum atomic E-state index is -0.140. The maximum Gasteiger partial charge on any atom is 0.258 e. The molecule has 2 heterocycles. The average molecular weight is 282 g/mol. The summed E-state index contributed by atoms with van der Waals surface area (Å²) in [5, 5.41) is 6.12. The summed E-state index contributed by atoms with van der Waals surface area (Å²) in [5.41, 5.74) is 4.72. The fourth-order valence-electron chi connectivity index (χ4n) is 2.70. The number of rotatable bonds is 2. The lowest BCUT2D eigenvalue weighted by Crippen LogP contribution is -2.27. The van der Waals surface area contributed by atoms with E-state index in [9.17, 15) is 4.79 Å². The number of aryl methyl sites for hydroxylation is 2. The standard InChI is InChI=1S/C16H18N4O/c1-10-8-11(2)19-16(18-10)20-15(21)14-5-3-4-12-9-17-7-6-13(12)14/h3-5,8,17H,6-7,9H2,1-2H3,(H,18,19,20,21). The number of benzene rings is 1. The van der Waals surface area contributed by atoms with Crippen LogP contribution in [0.1, 0.15) is 32.9 Å². The van der Waals surface area contributed by atoms with E-state index >= 15 is 0 Å². The van der Waals surface area contributed by atoms with Crippen molar-refractivity contribution < 1.29 is 4.79 Å². The molecule has 0 atom stereocenters. The normalized spacial score (nSPS) is 13.6. The smallest absolute Gasteiger partial charge is 0.258 e. The van der Waals surface area contributed by atoms with E-state index in [1.54, 1.807) is 0 Å². The molecule has 5 nitrogen and oxygen atoms in total. The minimum absolute atomic E-state index is 0.140. The molecule has 0 unspecified atom stereocenters. The van der Waals surface area contributed by atoms with Gasteiger partial charge in [0.2, 0.25) is 5.95 Å². The van der Waals surface area contributed by atoms with Gasteiger partial charge < -0.3 is 5.32 Å². The molecule has 2 aromatic rings. The van der Waals surface area contributed by atoms with E-state index in [-0.39, 0.29) is 5.91 Å². The number of nitrogens with zero attached hydrogens (tertiary/aromatic N) is 2. The van der Waals surface area contributed by atoms with Crippen LogP contribution in [0.5, 0.6) is 0 Å². The molecule has 0 fully saturated rings. The first-order chi connectivity index (χ1) is 10.1. The number of carbonyl (C=O) groups excluding carboxylic acids is 1. The first-order valence-electron chi connectivity index (χ1n) is 7.08. The quantitative estimate of drug-likeness (QED) is 0.884. The molecule has 0 radical (unpaired) electrons. The van der Waals surface area contributed by atoms with Crippen molar-refractivity contribution in [3.8, 4) is 0 Å². The van der Waals surface area contributed by atoms with Crippen LogP contribution >= 0.6 is 0 Å². The van der Waals surface area contributed by atoms with Gasteiger partial charge in [0, 0.05) is 23.5 Å². The zero-order valence-electron chi connectivity index (χ0n) is 12.2. The highest BCUT2D eigenvalue weighted by molar-refractivity contribution is 6.04.